The number of rotatable bonds is 3. The molecular weight excluding hydrogens is 350 g/mol. The molecule has 1 rings (SSSR count). The second kappa shape index (κ2) is 7.82. The van der Waals surface area contributed by atoms with Gasteiger partial charge in [0, 0.05) is 5.71 Å². The van der Waals surface area contributed by atoms with Gasteiger partial charge in [-0.1, -0.05) is 12.5 Å². The molecule has 0 saturated carbocycles. The Morgan fingerprint density at radius 1 is 1.75 bits per heavy atom. The van der Waals surface area contributed by atoms with Gasteiger partial charge in [-0.3, -0.25) is 4.58 Å². The van der Waals surface area contributed by atoms with Crippen molar-refractivity contribution in [3.05, 3.63) is 31.2 Å². The average molecular weight is 366 g/mol. The summed E-state index contributed by atoms with van der Waals surface area (Å²) in [5.74, 6) is 0. The zero-order chi connectivity index (χ0) is 7.40. The predicted octanol–water partition coefficient (Wildman–Crippen LogP) is 1.48. The van der Waals surface area contributed by atoms with Crippen molar-refractivity contribution in [2.24, 2.45) is 0 Å². The minimum Gasteiger partial charge on any atom is -0.262 e. The third kappa shape index (κ3) is 4.27. The number of allylic oxidation sites excluding steroid dienone is 2. The first-order valence-corrected chi connectivity index (χ1v) is 3.53. The number of hydrogen-bond acceptors (Lipinski definition) is 0. The van der Waals surface area contributed by atoms with E-state index < -0.39 is 0 Å². The van der Waals surface area contributed by atoms with E-state index in [0.717, 1.165) is 13.0 Å². The Morgan fingerprint density at radius 2 is 2.42 bits per heavy atom. The predicted molar refractivity (Wildman–Crippen MR) is 55.4 cm³/mol. The molecule has 0 spiro atoms. The van der Waals surface area contributed by atoms with Gasteiger partial charge in [0.05, 0.1) is 0 Å². The molecule has 3 heteroatoms. The van der Waals surface area contributed by atoms with Crippen LogP contribution in [-0.2, 0) is 22.4 Å². The van der Waals surface area contributed by atoms with E-state index in [1.807, 2.05) is 6.08 Å². The topological polar surface area (TPSA) is 3.01 Å². The molecule has 0 fully saturated rings. The van der Waals surface area contributed by atoms with Crippen LogP contribution in [0, 0.1) is 6.42 Å². The fourth-order valence-corrected chi connectivity index (χ4v) is 0.992. The zero-order valence-corrected chi connectivity index (χ0v) is 11.0. The van der Waals surface area contributed by atoms with Crippen LogP contribution in [0.25, 0.3) is 0 Å². The first kappa shape index (κ1) is 14.7. The van der Waals surface area contributed by atoms with Crippen LogP contribution in [0.15, 0.2) is 24.8 Å². The van der Waals surface area contributed by atoms with E-state index in [-0.39, 0.29) is 32.3 Å². The fourth-order valence-electron chi connectivity index (χ4n) is 0.992. The maximum atomic E-state index is 3.66. The van der Waals surface area contributed by atoms with Crippen molar-refractivity contribution in [1.29, 1.82) is 0 Å². The second-order valence-corrected chi connectivity index (χ2v) is 2.44. The van der Waals surface area contributed by atoms with Crippen LogP contribution in [0.3, 0.4) is 0 Å². The van der Waals surface area contributed by atoms with Crippen molar-refractivity contribution in [2.75, 3.05) is 13.6 Å². The van der Waals surface area contributed by atoms with Crippen molar-refractivity contribution < 1.29 is 27.0 Å². The summed E-state index contributed by atoms with van der Waals surface area (Å²) >= 11 is 0. The normalized spacial score (nSPS) is 13.4. The number of likely N-dealkylation sites (N-methyl/N-ethyl adjacent to an activating group) is 1. The molecule has 1 aliphatic rings. The first-order valence-electron chi connectivity index (χ1n) is 3.53. The maximum Gasteiger partial charge on any atom is 1.00 e. The molecule has 0 aromatic carbocycles. The summed E-state index contributed by atoms with van der Waals surface area (Å²) in [5, 5.41) is 0. The van der Waals surface area contributed by atoms with Crippen LogP contribution in [0.2, 0.25) is 0 Å². The number of nitrogens with zero attached hydrogens (tertiary/aromatic N) is 1. The monoisotopic (exact) mass is 366 g/mol. The van der Waals surface area contributed by atoms with E-state index in [2.05, 4.69) is 36.8 Å². The van der Waals surface area contributed by atoms with Crippen molar-refractivity contribution >= 4 is 15.6 Å². The molecule has 1 unspecified atom stereocenters. The smallest absolute Gasteiger partial charge is 0.262 e. The zero-order valence-electron chi connectivity index (χ0n) is 7.39. The van der Waals surface area contributed by atoms with Gasteiger partial charge in [-0.05, 0) is 0 Å². The summed E-state index contributed by atoms with van der Waals surface area (Å²) in [7, 11) is 2.09. The molecule has 72 valence electrons. The van der Waals surface area contributed by atoms with Crippen molar-refractivity contribution in [3.8, 4) is 0 Å². The fraction of sp³-hybridized carbons (Fsp3) is 0.333. The van der Waals surface area contributed by atoms with E-state index in [9.17, 15) is 0 Å². The first-order chi connectivity index (χ1) is 4.84. The van der Waals surface area contributed by atoms with Crippen molar-refractivity contribution in [2.45, 2.75) is 6.42 Å². The summed E-state index contributed by atoms with van der Waals surface area (Å²) in [5.41, 5.74) is 1.31. The van der Waals surface area contributed by atoms with Crippen LogP contribution in [0.1, 0.15) is 6.42 Å². The Balaban J connectivity index is 0. The third-order valence-electron chi connectivity index (χ3n) is 1.60. The van der Waals surface area contributed by atoms with Crippen molar-refractivity contribution in [3.63, 3.8) is 0 Å². The summed E-state index contributed by atoms with van der Waals surface area (Å²) < 4.78 is 2.21. The van der Waals surface area contributed by atoms with Gasteiger partial charge in [0.15, 0.2) is 0 Å². The van der Waals surface area contributed by atoms with Crippen LogP contribution in [-0.4, -0.2) is 23.9 Å². The molecule has 12 heavy (non-hydrogen) atoms. The minimum absolute atomic E-state index is 0. The van der Waals surface area contributed by atoms with Crippen LogP contribution in [0.5, 0.6) is 0 Å². The molecule has 0 radical (unpaired) electrons. The summed E-state index contributed by atoms with van der Waals surface area (Å²) in [6.45, 7) is 4.70. The summed E-state index contributed by atoms with van der Waals surface area (Å²) in [6, 6.07) is 0. The Bertz CT molecular complexity index is 197. The molecule has 0 N–H and O–H groups in total. The van der Waals surface area contributed by atoms with Gasteiger partial charge in [-0.15, -0.1) is 18.7 Å². The molecule has 0 saturated heterocycles. The molecule has 1 heterocycles. The quantitative estimate of drug-likeness (QED) is 0.234. The average Bonchev–Trinajstić information content (AvgIpc) is 2.31. The van der Waals surface area contributed by atoms with Gasteiger partial charge < -0.3 is 0 Å². The molecule has 0 aromatic rings. The van der Waals surface area contributed by atoms with Gasteiger partial charge in [0.2, 0.25) is 0 Å². The van der Waals surface area contributed by atoms with E-state index in [0.29, 0.717) is 0 Å². The van der Waals surface area contributed by atoms with Crippen molar-refractivity contribution in [1.82, 2.24) is 0 Å². The van der Waals surface area contributed by atoms with Crippen LogP contribution in [0.4, 0.5) is 0 Å². The number of hydrogen-bond donors (Lipinski definition) is 0. The van der Waals surface area contributed by atoms with Gasteiger partial charge in [0.1, 0.15) is 13.6 Å². The SMILES string of the molecule is C=CC[CH-]C1=[N+](C)CC=C1.P.[Au+]. The Kier molecular flexibility index (Phi) is 9.58. The second-order valence-electron chi connectivity index (χ2n) is 2.44. The third-order valence-corrected chi connectivity index (χ3v) is 1.60. The molecule has 0 aromatic heterocycles. The summed E-state index contributed by atoms with van der Waals surface area (Å²) in [4.78, 5) is 0. The Morgan fingerprint density at radius 3 is 2.83 bits per heavy atom. The Hall–Kier alpha value is 0.190. The maximum absolute atomic E-state index is 3.66. The standard InChI is InChI=1S/C9H13N.Au.H3P/c1-3-4-6-9-7-5-8-10(9)2;;/h3,5-7H,1,4,8H2,2H3;;1H3/q;+1;. The minimum atomic E-state index is 0. The van der Waals surface area contributed by atoms with E-state index in [1.54, 1.807) is 0 Å². The van der Waals surface area contributed by atoms with Gasteiger partial charge in [0.25, 0.3) is 0 Å². The van der Waals surface area contributed by atoms with E-state index in [4.69, 9.17) is 0 Å². The van der Waals surface area contributed by atoms with E-state index in [1.165, 1.54) is 5.71 Å². The molecular formula is C9H16AuNP+. The van der Waals surface area contributed by atoms with E-state index >= 15 is 0 Å². The van der Waals surface area contributed by atoms with Crippen LogP contribution >= 0.6 is 9.90 Å². The van der Waals surface area contributed by atoms with Gasteiger partial charge in [-0.25, -0.2) is 0 Å². The van der Waals surface area contributed by atoms with Gasteiger partial charge >= 0.3 is 22.4 Å². The molecule has 1 nitrogen and oxygen atoms in total. The van der Waals surface area contributed by atoms with Crippen LogP contribution < -0.4 is 0 Å². The molecule has 0 aliphatic carbocycles. The Labute approximate surface area is 93.8 Å². The molecule has 0 amide bonds. The largest absolute Gasteiger partial charge is 1.00 e. The summed E-state index contributed by atoms with van der Waals surface area (Å²) in [6.07, 6.45) is 9.35. The molecule has 1 atom stereocenters. The molecule has 0 bridgehead atoms. The molecule has 1 aliphatic heterocycles. The van der Waals surface area contributed by atoms with Gasteiger partial charge in [-0.2, -0.15) is 16.3 Å².